The van der Waals surface area contributed by atoms with Gasteiger partial charge in [-0.05, 0) is 12.1 Å². The van der Waals surface area contributed by atoms with Gasteiger partial charge in [0, 0.05) is 17.7 Å². The number of nitrogens with zero attached hydrogens (tertiary/aromatic N) is 1. The Hall–Kier alpha value is -2.38. The minimum atomic E-state index is -0.552. The zero-order chi connectivity index (χ0) is 15.4. The second-order valence-corrected chi connectivity index (χ2v) is 4.48. The molecule has 2 aromatic carbocycles. The molecule has 0 spiro atoms. The van der Waals surface area contributed by atoms with E-state index in [1.165, 1.54) is 30.3 Å². The summed E-state index contributed by atoms with van der Waals surface area (Å²) in [7, 11) is 0. The first-order chi connectivity index (χ1) is 10.0. The van der Waals surface area contributed by atoms with Gasteiger partial charge >= 0.3 is 0 Å². The number of nitro benzene ring substituents is 1. The van der Waals surface area contributed by atoms with Crippen molar-refractivity contribution in [2.75, 3.05) is 5.43 Å². The minimum absolute atomic E-state index is 0.0170. The van der Waals surface area contributed by atoms with E-state index in [4.69, 9.17) is 22.2 Å². The minimum Gasteiger partial charge on any atom is -0.489 e. The SMILES string of the molecule is NNc1c(COc2ccc(F)c(Cl)c2)cccc1[N+](=O)[O-]. The number of hydrazine groups is 1. The molecular formula is C13H11ClFN3O3. The van der Waals surface area contributed by atoms with Crippen LogP contribution in [0.5, 0.6) is 5.75 Å². The van der Waals surface area contributed by atoms with Crippen LogP contribution in [-0.2, 0) is 6.61 Å². The number of nitro groups is 1. The number of hydrogen-bond acceptors (Lipinski definition) is 5. The molecule has 0 bridgehead atoms. The van der Waals surface area contributed by atoms with Gasteiger partial charge in [0.15, 0.2) is 0 Å². The molecule has 0 aliphatic carbocycles. The van der Waals surface area contributed by atoms with E-state index < -0.39 is 10.7 Å². The summed E-state index contributed by atoms with van der Waals surface area (Å²) in [6.45, 7) is 0.0170. The summed E-state index contributed by atoms with van der Waals surface area (Å²) in [4.78, 5) is 10.4. The Balaban J connectivity index is 2.21. The van der Waals surface area contributed by atoms with Crippen molar-refractivity contribution in [3.63, 3.8) is 0 Å². The quantitative estimate of drug-likeness (QED) is 0.502. The zero-order valence-electron chi connectivity index (χ0n) is 10.7. The summed E-state index contributed by atoms with van der Waals surface area (Å²) >= 11 is 5.64. The lowest BCUT2D eigenvalue weighted by atomic mass is 10.1. The topological polar surface area (TPSA) is 90.4 Å². The molecular weight excluding hydrogens is 301 g/mol. The number of hydrogen-bond donors (Lipinski definition) is 2. The van der Waals surface area contributed by atoms with E-state index in [0.29, 0.717) is 11.3 Å². The molecule has 0 radical (unpaired) electrons. The van der Waals surface area contributed by atoms with Crippen molar-refractivity contribution in [2.45, 2.75) is 6.61 Å². The molecule has 21 heavy (non-hydrogen) atoms. The van der Waals surface area contributed by atoms with Crippen LogP contribution < -0.4 is 16.0 Å². The Kier molecular flexibility index (Phi) is 4.56. The van der Waals surface area contributed by atoms with Crippen LogP contribution in [0.3, 0.4) is 0 Å². The average molecular weight is 312 g/mol. The number of rotatable bonds is 5. The van der Waals surface area contributed by atoms with Crippen LogP contribution in [0.25, 0.3) is 0 Å². The fourth-order valence-corrected chi connectivity index (χ4v) is 1.92. The standard InChI is InChI=1S/C13H11ClFN3O3/c14-10-6-9(4-5-11(10)15)21-7-8-2-1-3-12(18(19)20)13(8)17-16/h1-6,17H,7,16H2. The summed E-state index contributed by atoms with van der Waals surface area (Å²) in [6, 6.07) is 8.39. The Labute approximate surface area is 124 Å². The first-order valence-corrected chi connectivity index (χ1v) is 6.21. The number of benzene rings is 2. The third kappa shape index (κ3) is 3.39. The van der Waals surface area contributed by atoms with E-state index >= 15 is 0 Å². The van der Waals surface area contributed by atoms with Crippen LogP contribution in [0.4, 0.5) is 15.8 Å². The molecule has 0 unspecified atom stereocenters. The van der Waals surface area contributed by atoms with Crippen LogP contribution in [0, 0.1) is 15.9 Å². The number of para-hydroxylation sites is 1. The summed E-state index contributed by atoms with van der Waals surface area (Å²) in [6.07, 6.45) is 0. The molecule has 0 heterocycles. The van der Waals surface area contributed by atoms with Gasteiger partial charge in [-0.1, -0.05) is 23.7 Å². The van der Waals surface area contributed by atoms with Gasteiger partial charge in [0.05, 0.1) is 9.95 Å². The van der Waals surface area contributed by atoms with Crippen molar-refractivity contribution in [3.8, 4) is 5.75 Å². The van der Waals surface area contributed by atoms with Crippen molar-refractivity contribution in [1.82, 2.24) is 0 Å². The summed E-state index contributed by atoms with van der Waals surface area (Å²) in [5.41, 5.74) is 2.79. The Morgan fingerprint density at radius 3 is 2.76 bits per heavy atom. The van der Waals surface area contributed by atoms with Crippen LogP contribution in [0.15, 0.2) is 36.4 Å². The van der Waals surface area contributed by atoms with Gasteiger partial charge in [0.25, 0.3) is 5.69 Å². The number of nitrogen functional groups attached to an aromatic ring is 1. The summed E-state index contributed by atoms with van der Waals surface area (Å²) in [5, 5.41) is 10.8. The fourth-order valence-electron chi connectivity index (χ4n) is 1.75. The monoisotopic (exact) mass is 311 g/mol. The molecule has 2 rings (SSSR count). The number of ether oxygens (including phenoxy) is 1. The number of nitrogens with two attached hydrogens (primary N) is 1. The predicted molar refractivity (Wildman–Crippen MR) is 76.6 cm³/mol. The highest BCUT2D eigenvalue weighted by molar-refractivity contribution is 6.30. The van der Waals surface area contributed by atoms with E-state index in [9.17, 15) is 14.5 Å². The van der Waals surface area contributed by atoms with Crippen LogP contribution >= 0.6 is 11.6 Å². The van der Waals surface area contributed by atoms with Crippen LogP contribution in [0.2, 0.25) is 5.02 Å². The molecule has 0 atom stereocenters. The average Bonchev–Trinajstić information content (AvgIpc) is 2.47. The first kappa shape index (κ1) is 15.0. The Bertz CT molecular complexity index is 682. The highest BCUT2D eigenvalue weighted by Crippen LogP contribution is 2.29. The van der Waals surface area contributed by atoms with Gasteiger partial charge in [0.2, 0.25) is 0 Å². The second-order valence-electron chi connectivity index (χ2n) is 4.08. The summed E-state index contributed by atoms with van der Waals surface area (Å²) < 4.78 is 18.5. The third-order valence-corrected chi connectivity index (χ3v) is 3.04. The molecule has 3 N–H and O–H groups in total. The van der Waals surface area contributed by atoms with Crippen LogP contribution in [0.1, 0.15) is 5.56 Å². The van der Waals surface area contributed by atoms with Gasteiger partial charge in [-0.3, -0.25) is 16.0 Å². The molecule has 2 aromatic rings. The lowest BCUT2D eigenvalue weighted by molar-refractivity contribution is -0.384. The van der Waals surface area contributed by atoms with Crippen molar-refractivity contribution in [1.29, 1.82) is 0 Å². The Morgan fingerprint density at radius 1 is 1.38 bits per heavy atom. The van der Waals surface area contributed by atoms with Crippen LogP contribution in [-0.4, -0.2) is 4.92 Å². The maximum Gasteiger partial charge on any atom is 0.294 e. The molecule has 8 heteroatoms. The maximum atomic E-state index is 13.0. The van der Waals surface area contributed by atoms with Crippen molar-refractivity contribution < 1.29 is 14.1 Å². The van der Waals surface area contributed by atoms with E-state index in [1.807, 2.05) is 0 Å². The van der Waals surface area contributed by atoms with Gasteiger partial charge in [-0.25, -0.2) is 4.39 Å². The van der Waals surface area contributed by atoms with E-state index in [2.05, 4.69) is 5.43 Å². The van der Waals surface area contributed by atoms with Gasteiger partial charge in [-0.2, -0.15) is 0 Å². The first-order valence-electron chi connectivity index (χ1n) is 5.83. The van der Waals surface area contributed by atoms with Crippen molar-refractivity contribution in [2.24, 2.45) is 5.84 Å². The molecule has 0 aromatic heterocycles. The lowest BCUT2D eigenvalue weighted by Crippen LogP contribution is -2.12. The zero-order valence-corrected chi connectivity index (χ0v) is 11.4. The number of anilines is 1. The molecule has 0 amide bonds. The lowest BCUT2D eigenvalue weighted by Gasteiger charge is -2.11. The van der Waals surface area contributed by atoms with Gasteiger partial charge in [0.1, 0.15) is 23.9 Å². The third-order valence-electron chi connectivity index (χ3n) is 2.76. The van der Waals surface area contributed by atoms with Crippen molar-refractivity contribution >= 4 is 23.0 Å². The molecule has 0 saturated carbocycles. The van der Waals surface area contributed by atoms with E-state index in [0.717, 1.165) is 0 Å². The van der Waals surface area contributed by atoms with E-state index in [-0.39, 0.29) is 23.0 Å². The molecule has 0 saturated heterocycles. The Morgan fingerprint density at radius 2 is 2.14 bits per heavy atom. The maximum absolute atomic E-state index is 13.0. The molecule has 0 aliphatic rings. The van der Waals surface area contributed by atoms with Gasteiger partial charge in [-0.15, -0.1) is 0 Å². The molecule has 0 aliphatic heterocycles. The number of halogens is 2. The van der Waals surface area contributed by atoms with E-state index in [1.54, 1.807) is 6.07 Å². The van der Waals surface area contributed by atoms with Crippen molar-refractivity contribution in [3.05, 3.63) is 62.9 Å². The number of nitrogens with one attached hydrogen (secondary N) is 1. The largest absolute Gasteiger partial charge is 0.489 e. The second kappa shape index (κ2) is 6.38. The smallest absolute Gasteiger partial charge is 0.294 e. The highest BCUT2D eigenvalue weighted by atomic mass is 35.5. The molecule has 0 fully saturated rings. The predicted octanol–water partition coefficient (Wildman–Crippen LogP) is 3.25. The molecule has 110 valence electrons. The molecule has 6 nitrogen and oxygen atoms in total. The normalized spacial score (nSPS) is 10.2. The highest BCUT2D eigenvalue weighted by Gasteiger charge is 2.16. The fraction of sp³-hybridized carbons (Fsp3) is 0.0769. The summed E-state index contributed by atoms with van der Waals surface area (Å²) in [5.74, 6) is 5.11. The van der Waals surface area contributed by atoms with Gasteiger partial charge < -0.3 is 10.2 Å².